The van der Waals surface area contributed by atoms with Gasteiger partial charge in [0.15, 0.2) is 0 Å². The van der Waals surface area contributed by atoms with E-state index in [1.54, 1.807) is 6.08 Å². The SMILES string of the molecule is C=CCN(CCCC)C(=O)C(NC(=O)CCCCCCC)C(C)(C)C. The Labute approximate surface area is 155 Å². The van der Waals surface area contributed by atoms with Gasteiger partial charge in [-0.25, -0.2) is 0 Å². The van der Waals surface area contributed by atoms with Crippen LogP contribution in [0, 0.1) is 5.41 Å². The highest BCUT2D eigenvalue weighted by molar-refractivity contribution is 5.88. The zero-order valence-electron chi connectivity index (χ0n) is 17.2. The second-order valence-corrected chi connectivity index (χ2v) is 7.96. The van der Waals surface area contributed by atoms with Crippen molar-refractivity contribution in [3.8, 4) is 0 Å². The van der Waals surface area contributed by atoms with Crippen LogP contribution in [0.15, 0.2) is 12.7 Å². The van der Waals surface area contributed by atoms with Crippen molar-refractivity contribution in [2.45, 2.75) is 92.0 Å². The largest absolute Gasteiger partial charge is 0.344 e. The monoisotopic (exact) mass is 352 g/mol. The quantitative estimate of drug-likeness (QED) is 0.386. The second-order valence-electron chi connectivity index (χ2n) is 7.96. The van der Waals surface area contributed by atoms with E-state index in [1.165, 1.54) is 19.3 Å². The van der Waals surface area contributed by atoms with Crippen LogP contribution in [0.2, 0.25) is 0 Å². The highest BCUT2D eigenvalue weighted by Crippen LogP contribution is 2.22. The fourth-order valence-corrected chi connectivity index (χ4v) is 2.75. The Morgan fingerprint density at radius 3 is 2.16 bits per heavy atom. The second kappa shape index (κ2) is 13.0. The minimum absolute atomic E-state index is 0.000169. The number of rotatable bonds is 13. The maximum atomic E-state index is 13.0. The average molecular weight is 353 g/mol. The minimum atomic E-state index is -0.493. The highest BCUT2D eigenvalue weighted by atomic mass is 16.2. The van der Waals surface area contributed by atoms with Gasteiger partial charge in [-0.1, -0.05) is 72.8 Å². The highest BCUT2D eigenvalue weighted by Gasteiger charge is 2.35. The standard InChI is InChI=1S/C21H40N2O2/c1-7-10-12-13-14-15-18(24)22-19(21(4,5)6)20(25)23(16-9-3)17-11-8-2/h9,19H,3,7-8,10-17H2,1-2,4-6H3,(H,22,24). The lowest BCUT2D eigenvalue weighted by Gasteiger charge is -2.34. The number of nitrogens with zero attached hydrogens (tertiary/aromatic N) is 1. The van der Waals surface area contributed by atoms with Crippen molar-refractivity contribution < 1.29 is 9.59 Å². The molecule has 0 aliphatic rings. The number of hydrogen-bond acceptors (Lipinski definition) is 2. The van der Waals surface area contributed by atoms with Crippen molar-refractivity contribution in [3.63, 3.8) is 0 Å². The van der Waals surface area contributed by atoms with Gasteiger partial charge >= 0.3 is 0 Å². The smallest absolute Gasteiger partial charge is 0.245 e. The van der Waals surface area contributed by atoms with Gasteiger partial charge in [0.25, 0.3) is 0 Å². The molecule has 25 heavy (non-hydrogen) atoms. The Kier molecular flexibility index (Phi) is 12.3. The lowest BCUT2D eigenvalue weighted by Crippen LogP contribution is -2.55. The molecule has 0 aliphatic heterocycles. The van der Waals surface area contributed by atoms with E-state index in [4.69, 9.17) is 0 Å². The van der Waals surface area contributed by atoms with Crippen LogP contribution in [0.4, 0.5) is 0 Å². The van der Waals surface area contributed by atoms with Crippen molar-refractivity contribution in [2.75, 3.05) is 13.1 Å². The molecule has 1 atom stereocenters. The maximum absolute atomic E-state index is 13.0. The first kappa shape index (κ1) is 23.7. The molecule has 0 fully saturated rings. The van der Waals surface area contributed by atoms with Gasteiger partial charge < -0.3 is 10.2 Å². The van der Waals surface area contributed by atoms with Crippen LogP contribution in [-0.2, 0) is 9.59 Å². The first-order valence-corrected chi connectivity index (χ1v) is 9.96. The summed E-state index contributed by atoms with van der Waals surface area (Å²) in [5, 5.41) is 3.00. The zero-order valence-corrected chi connectivity index (χ0v) is 17.2. The Morgan fingerprint density at radius 1 is 1.04 bits per heavy atom. The first-order valence-electron chi connectivity index (χ1n) is 9.96. The van der Waals surface area contributed by atoms with Crippen LogP contribution in [0.3, 0.4) is 0 Å². The third kappa shape index (κ3) is 10.3. The average Bonchev–Trinajstić information content (AvgIpc) is 2.54. The summed E-state index contributed by atoms with van der Waals surface area (Å²) >= 11 is 0. The summed E-state index contributed by atoms with van der Waals surface area (Å²) in [5.41, 5.74) is -0.319. The molecule has 0 saturated carbocycles. The van der Waals surface area contributed by atoms with Crippen LogP contribution >= 0.6 is 0 Å². The summed E-state index contributed by atoms with van der Waals surface area (Å²) in [6, 6.07) is -0.493. The lowest BCUT2D eigenvalue weighted by atomic mass is 9.85. The Morgan fingerprint density at radius 2 is 1.64 bits per heavy atom. The van der Waals surface area contributed by atoms with E-state index in [2.05, 4.69) is 25.7 Å². The predicted molar refractivity (Wildman–Crippen MR) is 106 cm³/mol. The van der Waals surface area contributed by atoms with Gasteiger partial charge in [-0.3, -0.25) is 9.59 Å². The number of nitrogens with one attached hydrogen (secondary N) is 1. The molecule has 0 spiro atoms. The molecule has 0 aliphatic carbocycles. The normalized spacial score (nSPS) is 12.5. The molecule has 0 aromatic rings. The number of carbonyl (C=O) groups is 2. The summed E-state index contributed by atoms with van der Waals surface area (Å²) in [6.45, 7) is 15.3. The zero-order chi connectivity index (χ0) is 19.3. The molecule has 1 unspecified atom stereocenters. The summed E-state index contributed by atoms with van der Waals surface area (Å²) in [6.07, 6.45) is 9.81. The van der Waals surface area contributed by atoms with Gasteiger partial charge in [0.1, 0.15) is 6.04 Å². The summed E-state index contributed by atoms with van der Waals surface area (Å²) in [7, 11) is 0. The van der Waals surface area contributed by atoms with Crippen LogP contribution < -0.4 is 5.32 Å². The van der Waals surface area contributed by atoms with E-state index in [9.17, 15) is 9.59 Å². The van der Waals surface area contributed by atoms with Crippen LogP contribution in [0.25, 0.3) is 0 Å². The minimum Gasteiger partial charge on any atom is -0.344 e. The van der Waals surface area contributed by atoms with Crippen molar-refractivity contribution in [1.82, 2.24) is 10.2 Å². The van der Waals surface area contributed by atoms with Crippen LogP contribution in [-0.4, -0.2) is 35.8 Å². The van der Waals surface area contributed by atoms with E-state index in [0.717, 1.165) is 25.7 Å². The fourth-order valence-electron chi connectivity index (χ4n) is 2.75. The number of amides is 2. The maximum Gasteiger partial charge on any atom is 0.245 e. The van der Waals surface area contributed by atoms with Gasteiger partial charge in [0.05, 0.1) is 0 Å². The third-order valence-electron chi connectivity index (χ3n) is 4.37. The Hall–Kier alpha value is -1.32. The number of unbranched alkanes of at least 4 members (excludes halogenated alkanes) is 5. The van der Waals surface area contributed by atoms with Crippen molar-refractivity contribution >= 4 is 11.8 Å². The van der Waals surface area contributed by atoms with Gasteiger partial charge in [0, 0.05) is 19.5 Å². The van der Waals surface area contributed by atoms with E-state index in [-0.39, 0.29) is 17.2 Å². The molecular weight excluding hydrogens is 312 g/mol. The molecule has 0 saturated heterocycles. The van der Waals surface area contributed by atoms with E-state index >= 15 is 0 Å². The predicted octanol–water partition coefficient (Wildman–Crippen LogP) is 4.69. The summed E-state index contributed by atoms with van der Waals surface area (Å²) < 4.78 is 0. The van der Waals surface area contributed by atoms with Crippen molar-refractivity contribution in [1.29, 1.82) is 0 Å². The van der Waals surface area contributed by atoms with Gasteiger partial charge in [0.2, 0.25) is 11.8 Å². The summed E-state index contributed by atoms with van der Waals surface area (Å²) in [4.78, 5) is 27.1. The summed E-state index contributed by atoms with van der Waals surface area (Å²) in [5.74, 6) is -0.0148. The molecule has 0 aromatic heterocycles. The van der Waals surface area contributed by atoms with Crippen molar-refractivity contribution in [3.05, 3.63) is 12.7 Å². The molecule has 1 N–H and O–H groups in total. The van der Waals surface area contributed by atoms with E-state index < -0.39 is 6.04 Å². The van der Waals surface area contributed by atoms with Crippen molar-refractivity contribution in [2.24, 2.45) is 5.41 Å². The molecule has 0 aromatic carbocycles. The van der Waals surface area contributed by atoms with Crippen LogP contribution in [0.5, 0.6) is 0 Å². The molecule has 0 bridgehead atoms. The van der Waals surface area contributed by atoms with Gasteiger partial charge in [-0.2, -0.15) is 0 Å². The van der Waals surface area contributed by atoms with Crippen LogP contribution in [0.1, 0.15) is 86.0 Å². The fraction of sp³-hybridized carbons (Fsp3) is 0.810. The number of hydrogen-bond donors (Lipinski definition) is 1. The molecular formula is C21H40N2O2. The van der Waals surface area contributed by atoms with Gasteiger partial charge in [-0.15, -0.1) is 6.58 Å². The molecule has 146 valence electrons. The molecule has 2 amide bonds. The van der Waals surface area contributed by atoms with Gasteiger partial charge in [-0.05, 0) is 18.3 Å². The topological polar surface area (TPSA) is 49.4 Å². The number of carbonyl (C=O) groups excluding carboxylic acids is 2. The molecule has 4 nitrogen and oxygen atoms in total. The Balaban J connectivity index is 4.79. The molecule has 0 rings (SSSR count). The molecule has 0 heterocycles. The Bertz CT molecular complexity index is 399. The van der Waals surface area contributed by atoms with E-state index in [1.807, 2.05) is 25.7 Å². The lowest BCUT2D eigenvalue weighted by molar-refractivity contribution is -0.139. The molecule has 0 radical (unpaired) electrons. The first-order chi connectivity index (χ1) is 11.8. The molecule has 4 heteroatoms. The third-order valence-corrected chi connectivity index (χ3v) is 4.37. The van der Waals surface area contributed by atoms with E-state index in [0.29, 0.717) is 19.5 Å².